The summed E-state index contributed by atoms with van der Waals surface area (Å²) in [6.45, 7) is 8.38. The summed E-state index contributed by atoms with van der Waals surface area (Å²) in [6, 6.07) is 8.14. The normalized spacial score (nSPS) is 18.1. The van der Waals surface area contributed by atoms with Crippen LogP contribution in [0.2, 0.25) is 0 Å². The highest BCUT2D eigenvalue weighted by Gasteiger charge is 2.40. The number of ether oxygens (including phenoxy) is 2. The molecule has 0 aromatic heterocycles. The quantitative estimate of drug-likeness (QED) is 0.675. The lowest BCUT2D eigenvalue weighted by molar-refractivity contribution is -0.116. The zero-order valence-corrected chi connectivity index (χ0v) is 19.3. The molecule has 1 heterocycles. The van der Waals surface area contributed by atoms with Crippen LogP contribution in [0.1, 0.15) is 58.6 Å². The Labute approximate surface area is 193 Å². The van der Waals surface area contributed by atoms with E-state index < -0.39 is 5.92 Å². The maximum atomic E-state index is 13.2. The third kappa shape index (κ3) is 3.89. The van der Waals surface area contributed by atoms with Crippen LogP contribution in [0.15, 0.2) is 47.1 Å². The van der Waals surface area contributed by atoms with Crippen LogP contribution >= 0.6 is 0 Å². The van der Waals surface area contributed by atoms with Crippen LogP contribution in [0.5, 0.6) is 5.75 Å². The maximum absolute atomic E-state index is 13.2. The Bertz CT molecular complexity index is 1220. The number of ketones is 1. The van der Waals surface area contributed by atoms with E-state index in [9.17, 15) is 14.4 Å². The standard InChI is InChI=1S/C27H27FN2O3/c1-14-16(3)24(17(4)15(2)21(14)13-32-19-10-8-18(28)9-11-19)25-20(12-29)27(30)33-23-7-5-6-22(31)26(23)25/h8-11,25H,5-7,13,30H2,1-4H3/t25-/m1/s1. The number of allylic oxidation sites excluding steroid dienone is 3. The lowest BCUT2D eigenvalue weighted by Gasteiger charge is -2.33. The summed E-state index contributed by atoms with van der Waals surface area (Å²) in [5, 5.41) is 9.93. The van der Waals surface area contributed by atoms with E-state index in [2.05, 4.69) is 6.07 Å². The highest BCUT2D eigenvalue weighted by atomic mass is 19.1. The number of nitrogens with zero attached hydrogens (tertiary/aromatic N) is 1. The van der Waals surface area contributed by atoms with Gasteiger partial charge in [-0.25, -0.2) is 4.39 Å². The molecule has 0 fully saturated rings. The summed E-state index contributed by atoms with van der Waals surface area (Å²) in [4.78, 5) is 13.0. The van der Waals surface area contributed by atoms with Gasteiger partial charge in [0.05, 0.1) is 5.92 Å². The van der Waals surface area contributed by atoms with Gasteiger partial charge in [0.2, 0.25) is 5.88 Å². The van der Waals surface area contributed by atoms with Gasteiger partial charge in [-0.05, 0) is 91.8 Å². The van der Waals surface area contributed by atoms with Crippen molar-refractivity contribution in [3.8, 4) is 11.8 Å². The van der Waals surface area contributed by atoms with Crippen LogP contribution in [0.3, 0.4) is 0 Å². The highest BCUT2D eigenvalue weighted by molar-refractivity contribution is 5.99. The van der Waals surface area contributed by atoms with Gasteiger partial charge in [0.15, 0.2) is 5.78 Å². The zero-order valence-electron chi connectivity index (χ0n) is 19.3. The first-order valence-corrected chi connectivity index (χ1v) is 11.1. The van der Waals surface area contributed by atoms with E-state index >= 15 is 0 Å². The first kappa shape index (κ1) is 22.6. The van der Waals surface area contributed by atoms with Crippen LogP contribution < -0.4 is 10.5 Å². The number of rotatable bonds is 4. The Hall–Kier alpha value is -3.59. The molecule has 2 aromatic carbocycles. The maximum Gasteiger partial charge on any atom is 0.205 e. The molecule has 1 atom stereocenters. The van der Waals surface area contributed by atoms with Gasteiger partial charge < -0.3 is 15.2 Å². The molecule has 33 heavy (non-hydrogen) atoms. The second kappa shape index (κ2) is 8.74. The van der Waals surface area contributed by atoms with Crippen molar-refractivity contribution in [2.45, 2.75) is 59.5 Å². The largest absolute Gasteiger partial charge is 0.489 e. The van der Waals surface area contributed by atoms with Crippen molar-refractivity contribution in [1.82, 2.24) is 0 Å². The molecule has 5 nitrogen and oxygen atoms in total. The van der Waals surface area contributed by atoms with Gasteiger partial charge in [-0.1, -0.05) is 0 Å². The third-order valence-corrected chi connectivity index (χ3v) is 6.93. The minimum Gasteiger partial charge on any atom is -0.489 e. The van der Waals surface area contributed by atoms with Crippen molar-refractivity contribution in [1.29, 1.82) is 5.26 Å². The van der Waals surface area contributed by atoms with Gasteiger partial charge in [-0.2, -0.15) is 5.26 Å². The average Bonchev–Trinajstić information content (AvgIpc) is 2.79. The number of benzene rings is 2. The van der Waals surface area contributed by atoms with Crippen LogP contribution in [0.4, 0.5) is 4.39 Å². The number of nitrogens with two attached hydrogens (primary N) is 1. The number of hydrogen-bond donors (Lipinski definition) is 1. The highest BCUT2D eigenvalue weighted by Crippen LogP contribution is 2.46. The molecule has 0 saturated carbocycles. The lowest BCUT2D eigenvalue weighted by atomic mass is 9.73. The molecule has 0 radical (unpaired) electrons. The van der Waals surface area contributed by atoms with Crippen molar-refractivity contribution < 1.29 is 18.7 Å². The summed E-state index contributed by atoms with van der Waals surface area (Å²) < 4.78 is 24.9. The topological polar surface area (TPSA) is 85.3 Å². The van der Waals surface area contributed by atoms with Gasteiger partial charge in [0.1, 0.15) is 35.6 Å². The molecular formula is C27H27FN2O3. The van der Waals surface area contributed by atoms with Gasteiger partial charge in [0, 0.05) is 18.4 Å². The van der Waals surface area contributed by atoms with E-state index in [0.717, 1.165) is 39.8 Å². The van der Waals surface area contributed by atoms with Gasteiger partial charge in [-0.15, -0.1) is 0 Å². The van der Waals surface area contributed by atoms with E-state index in [-0.39, 0.29) is 23.1 Å². The fourth-order valence-corrected chi connectivity index (χ4v) is 4.90. The first-order chi connectivity index (χ1) is 15.7. The molecular weight excluding hydrogens is 419 g/mol. The molecule has 2 N–H and O–H groups in total. The molecule has 2 aromatic rings. The van der Waals surface area contributed by atoms with E-state index in [1.165, 1.54) is 12.1 Å². The molecule has 0 unspecified atom stereocenters. The van der Waals surface area contributed by atoms with Gasteiger partial charge in [0.25, 0.3) is 0 Å². The summed E-state index contributed by atoms with van der Waals surface area (Å²) in [5.41, 5.74) is 13.0. The van der Waals surface area contributed by atoms with Crippen molar-refractivity contribution in [3.63, 3.8) is 0 Å². The fourth-order valence-electron chi connectivity index (χ4n) is 4.90. The molecule has 0 saturated heterocycles. The van der Waals surface area contributed by atoms with Gasteiger partial charge in [-0.3, -0.25) is 4.79 Å². The van der Waals surface area contributed by atoms with E-state index in [4.69, 9.17) is 15.2 Å². The molecule has 6 heteroatoms. The predicted octanol–water partition coefficient (Wildman–Crippen LogP) is 5.45. The number of Topliss-reactive ketones (excluding diaryl/α,β-unsaturated/α-hetero) is 1. The minimum absolute atomic E-state index is 0.0133. The molecule has 2 aliphatic rings. The van der Waals surface area contributed by atoms with Crippen LogP contribution in [-0.4, -0.2) is 5.78 Å². The molecule has 0 spiro atoms. The molecule has 1 aliphatic carbocycles. The molecule has 1 aliphatic heterocycles. The monoisotopic (exact) mass is 446 g/mol. The number of hydrogen-bond acceptors (Lipinski definition) is 5. The Morgan fingerprint density at radius 3 is 2.33 bits per heavy atom. The van der Waals surface area contributed by atoms with Crippen molar-refractivity contribution in [3.05, 3.63) is 86.3 Å². The Morgan fingerprint density at radius 1 is 1.09 bits per heavy atom. The SMILES string of the molecule is Cc1c(C)c([C@H]2C(C#N)=C(N)OC3=C2C(=O)CCC3)c(C)c(C)c1COc1ccc(F)cc1. The lowest BCUT2D eigenvalue weighted by Crippen LogP contribution is -2.28. The molecule has 0 bridgehead atoms. The minimum atomic E-state index is -0.531. The van der Waals surface area contributed by atoms with E-state index in [1.807, 2.05) is 27.7 Å². The third-order valence-electron chi connectivity index (χ3n) is 6.93. The molecule has 170 valence electrons. The van der Waals surface area contributed by atoms with Crippen LogP contribution in [-0.2, 0) is 16.1 Å². The average molecular weight is 447 g/mol. The molecule has 4 rings (SSSR count). The second-order valence-corrected chi connectivity index (χ2v) is 8.67. The number of nitriles is 1. The predicted molar refractivity (Wildman–Crippen MR) is 123 cm³/mol. The number of halogens is 1. The summed E-state index contributed by atoms with van der Waals surface area (Å²) in [7, 11) is 0. The van der Waals surface area contributed by atoms with Crippen LogP contribution in [0, 0.1) is 44.8 Å². The first-order valence-electron chi connectivity index (χ1n) is 11.1. The Balaban J connectivity index is 1.81. The number of carbonyl (C=O) groups is 1. The number of carbonyl (C=O) groups excluding carboxylic acids is 1. The van der Waals surface area contributed by atoms with Crippen molar-refractivity contribution in [2.75, 3.05) is 0 Å². The van der Waals surface area contributed by atoms with Gasteiger partial charge >= 0.3 is 0 Å². The van der Waals surface area contributed by atoms with Crippen molar-refractivity contribution in [2.24, 2.45) is 5.73 Å². The Morgan fingerprint density at radius 2 is 1.73 bits per heavy atom. The fraction of sp³-hybridized carbons (Fsp3) is 0.333. The second-order valence-electron chi connectivity index (χ2n) is 8.67. The van der Waals surface area contributed by atoms with Crippen LogP contribution in [0.25, 0.3) is 0 Å². The summed E-state index contributed by atoms with van der Waals surface area (Å²) in [5.74, 6) is 0.424. The zero-order chi connectivity index (χ0) is 23.9. The Kier molecular flexibility index (Phi) is 5.99. The summed E-state index contributed by atoms with van der Waals surface area (Å²) in [6.07, 6.45) is 1.79. The van der Waals surface area contributed by atoms with E-state index in [0.29, 0.717) is 36.5 Å². The smallest absolute Gasteiger partial charge is 0.205 e. The van der Waals surface area contributed by atoms with E-state index in [1.54, 1.807) is 12.1 Å². The molecule has 0 amide bonds. The van der Waals surface area contributed by atoms with Crippen molar-refractivity contribution >= 4 is 5.78 Å². The summed E-state index contributed by atoms with van der Waals surface area (Å²) >= 11 is 0.